The van der Waals surface area contributed by atoms with Crippen LogP contribution in [-0.2, 0) is 60.7 Å². The summed E-state index contributed by atoms with van der Waals surface area (Å²) in [4.78, 5) is 0. The Labute approximate surface area is 175 Å². The van der Waals surface area contributed by atoms with Crippen molar-refractivity contribution in [3.05, 3.63) is 0 Å². The van der Waals surface area contributed by atoms with Crippen molar-refractivity contribution in [1.82, 2.24) is 0 Å². The summed E-state index contributed by atoms with van der Waals surface area (Å²) in [5.74, 6) is 0. The van der Waals surface area contributed by atoms with E-state index in [2.05, 4.69) is 0 Å². The molecule has 4 heterocycles. The molecule has 0 unspecified atom stereocenters. The van der Waals surface area contributed by atoms with E-state index in [4.69, 9.17) is 47.2 Å². The molecule has 4 saturated heterocycles. The molecule has 4 aliphatic rings. The number of rotatable bonds is 0. The first-order valence-corrected chi connectivity index (χ1v) is 26.3. The molecule has 0 aromatic heterocycles. The van der Waals surface area contributed by atoms with Gasteiger partial charge in [0.15, 0.2) is 0 Å². The van der Waals surface area contributed by atoms with Gasteiger partial charge in [-0.2, -0.15) is 0 Å². The van der Waals surface area contributed by atoms with Gasteiger partial charge in [-0.1, -0.05) is 47.2 Å². The van der Waals surface area contributed by atoms with Crippen molar-refractivity contribution in [3.8, 4) is 0 Å². The summed E-state index contributed by atoms with van der Waals surface area (Å²) in [6.45, 7) is 0. The van der Waals surface area contributed by atoms with Crippen LogP contribution < -0.4 is 37.7 Å². The van der Waals surface area contributed by atoms with Crippen LogP contribution >= 0.6 is 80.6 Å². The van der Waals surface area contributed by atoms with Crippen molar-refractivity contribution < 1.29 is 37.7 Å². The first-order valence-electron chi connectivity index (χ1n) is 2.92. The molecule has 0 radical (unpaired) electrons. The molecule has 0 amide bonds. The average Bonchev–Trinajstić information content (AvgIpc) is 1.67. The summed E-state index contributed by atoms with van der Waals surface area (Å²) >= 11 is 34.5. The second-order valence-corrected chi connectivity index (χ2v) is 61.5. The Kier molecular flexibility index (Phi) is 10.5. The summed E-state index contributed by atoms with van der Waals surface area (Å²) in [6.07, 6.45) is 0. The smallest absolute Gasteiger partial charge is 1.00 e. The van der Waals surface area contributed by atoms with Gasteiger partial charge in [0.05, 0.1) is 0 Å². The first kappa shape index (κ1) is 23.2. The van der Waals surface area contributed by atoms with Crippen LogP contribution in [0.2, 0.25) is 0 Å². The molecule has 0 nitrogen and oxygen atoms in total. The fraction of sp³-hybridized carbons (Fsp3) is 0. The molecule has 0 spiro atoms. The van der Waals surface area contributed by atoms with Gasteiger partial charge in [-0.05, 0) is 66.0 Å². The van der Waals surface area contributed by atoms with Gasteiger partial charge in [0, 0.05) is 0 Å². The average molecular weight is 491 g/mol. The Balaban J connectivity index is 0.000000853. The van der Waals surface area contributed by atoms with Crippen molar-refractivity contribution in [2.45, 2.75) is 0 Å². The molecular formula is Li2P4S11. The zero-order valence-electron chi connectivity index (χ0n) is 8.28. The van der Waals surface area contributed by atoms with E-state index in [0.717, 1.165) is 0 Å². The normalized spacial score (nSPS) is 54.1. The SMILES string of the molecule is S=P12SP3(=S)SP(=S)(S1)SP(=S)(S2)S3.[Li+].[Li+].[S-2]. The molecule has 4 bridgehead atoms. The maximum atomic E-state index is 5.75. The van der Waals surface area contributed by atoms with Gasteiger partial charge >= 0.3 is 37.7 Å². The third kappa shape index (κ3) is 5.11. The molecule has 0 aromatic rings. The first-order chi connectivity index (χ1) is 6.24. The van der Waals surface area contributed by atoms with Crippen molar-refractivity contribution in [3.63, 3.8) is 0 Å². The predicted molar refractivity (Wildman–Crippen MR) is 110 cm³/mol. The molecular weight excluding hydrogens is 491 g/mol. The van der Waals surface area contributed by atoms with E-state index in [1.54, 1.807) is 0 Å². The minimum Gasteiger partial charge on any atom is -2.00 e. The fourth-order valence-corrected chi connectivity index (χ4v) is 222. The molecule has 17 heavy (non-hydrogen) atoms. The Morgan fingerprint density at radius 1 is 0.471 bits per heavy atom. The minimum atomic E-state index is -1.41. The molecule has 0 aliphatic carbocycles. The quantitative estimate of drug-likeness (QED) is 0.359. The van der Waals surface area contributed by atoms with Crippen LogP contribution in [0.4, 0.5) is 0 Å². The molecule has 4 fully saturated rings. The van der Waals surface area contributed by atoms with Crippen LogP contribution in [0, 0.1) is 0 Å². The minimum absolute atomic E-state index is 0. The Bertz CT molecular complexity index is 353. The maximum absolute atomic E-state index is 5.75. The predicted octanol–water partition coefficient (Wildman–Crippen LogP) is 1.33. The fourth-order valence-electron chi connectivity index (χ4n) is 0.914. The van der Waals surface area contributed by atoms with E-state index in [-0.39, 0.29) is 51.2 Å². The van der Waals surface area contributed by atoms with E-state index in [0.29, 0.717) is 0 Å². The van der Waals surface area contributed by atoms with Crippen LogP contribution in [0.5, 0.6) is 0 Å². The standard InChI is InChI=1S/2Li.P4S10.S/c;;5-1-9-2(6)12-3(7,10-1)14-4(8,11-1)13-2;/q2*+1;;-2. The van der Waals surface area contributed by atoms with E-state index in [1.807, 2.05) is 66.0 Å². The topological polar surface area (TPSA) is 0 Å². The van der Waals surface area contributed by atoms with Crippen LogP contribution in [0.25, 0.3) is 0 Å². The zero-order valence-corrected chi connectivity index (χ0v) is 20.8. The van der Waals surface area contributed by atoms with Gasteiger partial charge in [-0.25, -0.2) is 0 Å². The third-order valence-electron chi connectivity index (χ3n) is 1.20. The molecule has 17 heteroatoms. The molecule has 0 saturated carbocycles. The zero-order chi connectivity index (χ0) is 10.2. The monoisotopic (exact) mass is 490 g/mol. The second-order valence-electron chi connectivity index (χ2n) is 2.28. The molecule has 0 N–H and O–H groups in total. The van der Waals surface area contributed by atoms with Gasteiger partial charge in [0.1, 0.15) is 14.6 Å². The van der Waals surface area contributed by atoms with E-state index < -0.39 is 14.6 Å². The summed E-state index contributed by atoms with van der Waals surface area (Å²) in [7, 11) is 0. The van der Waals surface area contributed by atoms with Crippen molar-refractivity contribution in [1.29, 1.82) is 0 Å². The van der Waals surface area contributed by atoms with Crippen molar-refractivity contribution in [2.24, 2.45) is 0 Å². The summed E-state index contributed by atoms with van der Waals surface area (Å²) in [5.41, 5.74) is 0. The Hall–Kier alpha value is 6.24. The van der Waals surface area contributed by atoms with Crippen LogP contribution in [0.3, 0.4) is 0 Å². The summed E-state index contributed by atoms with van der Waals surface area (Å²) in [6, 6.07) is 0. The number of hydrogen-bond donors (Lipinski definition) is 0. The third-order valence-corrected chi connectivity index (χ3v) is 97.2. The maximum Gasteiger partial charge on any atom is 1.00 e. The van der Waals surface area contributed by atoms with Crippen LogP contribution in [0.1, 0.15) is 0 Å². The molecule has 88 valence electrons. The van der Waals surface area contributed by atoms with Crippen molar-refractivity contribution in [2.75, 3.05) is 0 Å². The van der Waals surface area contributed by atoms with Gasteiger partial charge in [-0.3, -0.25) is 0 Å². The Morgan fingerprint density at radius 2 is 0.588 bits per heavy atom. The molecule has 4 rings (SSSR count). The van der Waals surface area contributed by atoms with Gasteiger partial charge < -0.3 is 13.5 Å². The largest absolute Gasteiger partial charge is 2.00 e. The van der Waals surface area contributed by atoms with E-state index >= 15 is 0 Å². The van der Waals surface area contributed by atoms with Crippen LogP contribution in [0.15, 0.2) is 0 Å². The summed E-state index contributed by atoms with van der Waals surface area (Å²) < 4.78 is -5.64. The van der Waals surface area contributed by atoms with E-state index in [1.165, 1.54) is 0 Å². The van der Waals surface area contributed by atoms with Crippen LogP contribution in [-0.4, -0.2) is 0 Å². The molecule has 4 aliphatic heterocycles. The van der Waals surface area contributed by atoms with Crippen molar-refractivity contribution >= 4 is 141 Å². The molecule has 0 atom stereocenters. The van der Waals surface area contributed by atoms with Gasteiger partial charge in [0.2, 0.25) is 0 Å². The summed E-state index contributed by atoms with van der Waals surface area (Å²) in [5, 5.41) is 0. The van der Waals surface area contributed by atoms with Gasteiger partial charge in [-0.15, -0.1) is 0 Å². The molecule has 0 aromatic carbocycles. The van der Waals surface area contributed by atoms with E-state index in [9.17, 15) is 0 Å². The number of hydrogen-bond acceptors (Lipinski definition) is 10. The Morgan fingerprint density at radius 3 is 0.706 bits per heavy atom. The van der Waals surface area contributed by atoms with Gasteiger partial charge in [0.25, 0.3) is 0 Å². The second kappa shape index (κ2) is 7.64.